The Morgan fingerprint density at radius 1 is 1.23 bits per heavy atom. The fourth-order valence-corrected chi connectivity index (χ4v) is 4.43. The molecule has 0 amide bonds. The molecular formula is C22H21BrN2O5. The lowest BCUT2D eigenvalue weighted by molar-refractivity contribution is -0.139. The van der Waals surface area contributed by atoms with Crippen molar-refractivity contribution in [2.75, 3.05) is 20.8 Å². The lowest BCUT2D eigenvalue weighted by Crippen LogP contribution is -2.27. The number of methoxy groups -OCH3 is 2. The number of hydrogen-bond acceptors (Lipinski definition) is 6. The molecule has 1 aromatic heterocycles. The summed E-state index contributed by atoms with van der Waals surface area (Å²) < 4.78 is 22.9. The molecule has 0 radical (unpaired) electrons. The second kappa shape index (κ2) is 7.95. The highest BCUT2D eigenvalue weighted by Gasteiger charge is 2.37. The van der Waals surface area contributed by atoms with E-state index >= 15 is 0 Å². The minimum atomic E-state index is -0.522. The molecule has 3 N–H and O–H groups in total. The van der Waals surface area contributed by atoms with Crippen molar-refractivity contribution in [1.82, 2.24) is 4.98 Å². The smallest absolute Gasteiger partial charge is 0.340 e. The SMILES string of the molecule is CCOC(=O)C1=C(N)Oc2c(ccc3[nH]ccc23)C1c1cc(Br)c(OC)c(OC)c1. The summed E-state index contributed by atoms with van der Waals surface area (Å²) in [5.41, 5.74) is 9.00. The average Bonchev–Trinajstić information content (AvgIpc) is 3.21. The van der Waals surface area contributed by atoms with Crippen molar-refractivity contribution >= 4 is 32.8 Å². The minimum absolute atomic E-state index is 0.0190. The van der Waals surface area contributed by atoms with Gasteiger partial charge in [0.05, 0.1) is 31.2 Å². The zero-order chi connectivity index (χ0) is 21.4. The summed E-state index contributed by atoms with van der Waals surface area (Å²) in [6, 6.07) is 9.50. The van der Waals surface area contributed by atoms with Crippen LogP contribution in [0.5, 0.6) is 17.2 Å². The summed E-state index contributed by atoms with van der Waals surface area (Å²) in [6.45, 7) is 1.97. The Labute approximate surface area is 181 Å². The van der Waals surface area contributed by atoms with Gasteiger partial charge in [-0.25, -0.2) is 4.79 Å². The maximum atomic E-state index is 12.9. The van der Waals surface area contributed by atoms with Gasteiger partial charge in [-0.15, -0.1) is 0 Å². The van der Waals surface area contributed by atoms with E-state index in [-0.39, 0.29) is 18.1 Å². The summed E-state index contributed by atoms with van der Waals surface area (Å²) in [6.07, 6.45) is 1.83. The second-order valence-electron chi connectivity index (χ2n) is 6.69. The van der Waals surface area contributed by atoms with E-state index in [1.165, 1.54) is 0 Å². The number of carbonyl (C=O) groups excluding carboxylic acids is 1. The number of hydrogen-bond donors (Lipinski definition) is 2. The first kappa shape index (κ1) is 20.2. The van der Waals surface area contributed by atoms with Gasteiger partial charge in [0.25, 0.3) is 0 Å². The van der Waals surface area contributed by atoms with Crippen molar-refractivity contribution in [3.63, 3.8) is 0 Å². The molecule has 4 rings (SSSR count). The van der Waals surface area contributed by atoms with E-state index < -0.39 is 11.9 Å². The molecule has 0 saturated heterocycles. The van der Waals surface area contributed by atoms with Crippen LogP contribution in [0.3, 0.4) is 0 Å². The van der Waals surface area contributed by atoms with E-state index in [4.69, 9.17) is 24.7 Å². The lowest BCUT2D eigenvalue weighted by atomic mass is 9.82. The molecule has 30 heavy (non-hydrogen) atoms. The van der Waals surface area contributed by atoms with Gasteiger partial charge >= 0.3 is 5.97 Å². The molecule has 3 aromatic rings. The van der Waals surface area contributed by atoms with Gasteiger partial charge in [-0.2, -0.15) is 0 Å². The number of ether oxygens (including phenoxy) is 4. The van der Waals surface area contributed by atoms with Crippen LogP contribution in [-0.4, -0.2) is 31.8 Å². The van der Waals surface area contributed by atoms with Gasteiger partial charge in [-0.05, 0) is 52.7 Å². The summed E-state index contributed by atoms with van der Waals surface area (Å²) >= 11 is 3.54. The first-order valence-electron chi connectivity index (χ1n) is 9.36. The highest BCUT2D eigenvalue weighted by molar-refractivity contribution is 9.10. The number of carbonyl (C=O) groups is 1. The molecule has 1 aliphatic heterocycles. The predicted octanol–water partition coefficient (Wildman–Crippen LogP) is 4.21. The van der Waals surface area contributed by atoms with E-state index in [2.05, 4.69) is 20.9 Å². The number of benzene rings is 2. The Bertz CT molecular complexity index is 1170. The lowest BCUT2D eigenvalue weighted by Gasteiger charge is -2.29. The summed E-state index contributed by atoms with van der Waals surface area (Å²) in [4.78, 5) is 16.0. The van der Waals surface area contributed by atoms with E-state index in [9.17, 15) is 4.79 Å². The van der Waals surface area contributed by atoms with Crippen molar-refractivity contribution < 1.29 is 23.7 Å². The van der Waals surface area contributed by atoms with Crippen LogP contribution in [0.15, 0.2) is 52.5 Å². The zero-order valence-electron chi connectivity index (χ0n) is 16.7. The number of halogens is 1. The van der Waals surface area contributed by atoms with Crippen molar-refractivity contribution in [1.29, 1.82) is 0 Å². The van der Waals surface area contributed by atoms with Crippen LogP contribution >= 0.6 is 15.9 Å². The van der Waals surface area contributed by atoms with E-state index in [1.807, 2.05) is 36.5 Å². The molecule has 2 aromatic carbocycles. The highest BCUT2D eigenvalue weighted by Crippen LogP contribution is 2.48. The summed E-state index contributed by atoms with van der Waals surface area (Å²) in [5.74, 6) is 0.679. The number of H-pyrrole nitrogens is 1. The van der Waals surface area contributed by atoms with Gasteiger partial charge in [0.1, 0.15) is 11.3 Å². The van der Waals surface area contributed by atoms with Crippen LogP contribution < -0.4 is 19.9 Å². The number of aromatic nitrogens is 1. The molecule has 0 spiro atoms. The number of esters is 1. The van der Waals surface area contributed by atoms with Crippen LogP contribution in [-0.2, 0) is 9.53 Å². The Morgan fingerprint density at radius 2 is 2.03 bits per heavy atom. The monoisotopic (exact) mass is 472 g/mol. The number of aromatic amines is 1. The molecular weight excluding hydrogens is 452 g/mol. The van der Waals surface area contributed by atoms with Crippen LogP contribution in [0.4, 0.5) is 0 Å². The van der Waals surface area contributed by atoms with Crippen LogP contribution in [0.25, 0.3) is 10.9 Å². The molecule has 7 nitrogen and oxygen atoms in total. The van der Waals surface area contributed by atoms with Gasteiger partial charge in [-0.3, -0.25) is 0 Å². The number of nitrogens with two attached hydrogens (primary N) is 1. The van der Waals surface area contributed by atoms with Crippen molar-refractivity contribution in [2.45, 2.75) is 12.8 Å². The predicted molar refractivity (Wildman–Crippen MR) is 116 cm³/mol. The van der Waals surface area contributed by atoms with E-state index in [0.717, 1.165) is 22.0 Å². The molecule has 0 saturated carbocycles. The molecule has 2 heterocycles. The molecule has 1 unspecified atom stereocenters. The molecule has 0 bridgehead atoms. The molecule has 156 valence electrons. The molecule has 0 aliphatic carbocycles. The molecule has 0 fully saturated rings. The Balaban J connectivity index is 1.99. The van der Waals surface area contributed by atoms with Gasteiger partial charge in [-0.1, -0.05) is 6.07 Å². The summed E-state index contributed by atoms with van der Waals surface area (Å²) in [5, 5.41) is 0.878. The number of nitrogens with one attached hydrogen (secondary N) is 1. The number of fused-ring (bicyclic) bond motifs is 3. The van der Waals surface area contributed by atoms with Gasteiger partial charge in [0.2, 0.25) is 5.88 Å². The summed E-state index contributed by atoms with van der Waals surface area (Å²) in [7, 11) is 3.13. The van der Waals surface area contributed by atoms with Gasteiger partial charge < -0.3 is 29.7 Å². The van der Waals surface area contributed by atoms with Crippen molar-refractivity contribution in [3.8, 4) is 17.2 Å². The van der Waals surface area contributed by atoms with E-state index in [0.29, 0.717) is 21.7 Å². The fraction of sp³-hybridized carbons (Fsp3) is 0.227. The Kier molecular flexibility index (Phi) is 5.34. The maximum absolute atomic E-state index is 12.9. The Morgan fingerprint density at radius 3 is 2.73 bits per heavy atom. The van der Waals surface area contributed by atoms with Crippen LogP contribution in [0, 0.1) is 0 Å². The third-order valence-corrected chi connectivity index (χ3v) is 5.67. The zero-order valence-corrected chi connectivity index (χ0v) is 18.3. The quantitative estimate of drug-likeness (QED) is 0.540. The highest BCUT2D eigenvalue weighted by atomic mass is 79.9. The first-order chi connectivity index (χ1) is 14.5. The van der Waals surface area contributed by atoms with Gasteiger partial charge in [0, 0.05) is 22.7 Å². The number of rotatable bonds is 5. The topological polar surface area (TPSA) is 95.8 Å². The second-order valence-corrected chi connectivity index (χ2v) is 7.55. The molecule has 1 atom stereocenters. The van der Waals surface area contributed by atoms with Crippen LogP contribution in [0.2, 0.25) is 0 Å². The van der Waals surface area contributed by atoms with Crippen molar-refractivity contribution in [2.24, 2.45) is 5.73 Å². The molecule has 8 heteroatoms. The minimum Gasteiger partial charge on any atom is -0.493 e. The molecule has 1 aliphatic rings. The Hall–Kier alpha value is -3.13. The first-order valence-corrected chi connectivity index (χ1v) is 10.1. The fourth-order valence-electron chi connectivity index (χ4n) is 3.80. The largest absolute Gasteiger partial charge is 0.493 e. The van der Waals surface area contributed by atoms with Gasteiger partial charge in [0.15, 0.2) is 11.5 Å². The normalized spacial score (nSPS) is 15.5. The third kappa shape index (κ3) is 3.17. The van der Waals surface area contributed by atoms with E-state index in [1.54, 1.807) is 21.1 Å². The van der Waals surface area contributed by atoms with Crippen molar-refractivity contribution in [3.05, 3.63) is 63.6 Å². The third-order valence-electron chi connectivity index (χ3n) is 5.08. The maximum Gasteiger partial charge on any atom is 0.340 e. The average molecular weight is 473 g/mol. The van der Waals surface area contributed by atoms with Crippen LogP contribution in [0.1, 0.15) is 24.0 Å². The standard InChI is InChI=1S/C22H21BrN2O5/c1-4-29-22(26)18-17(11-9-14(23)20(28-3)16(10-11)27-2)13-5-6-15-12(7-8-25-15)19(13)30-21(18)24/h5-10,17,25H,4,24H2,1-3H3.